The minimum absolute atomic E-state index is 0.0108. The van der Waals surface area contributed by atoms with Crippen LogP contribution < -0.4 is 10.2 Å². The fourth-order valence-corrected chi connectivity index (χ4v) is 5.50. The second-order valence-electron chi connectivity index (χ2n) is 7.24. The number of nitrogens with zero attached hydrogens (tertiary/aromatic N) is 3. The molecule has 29 heavy (non-hydrogen) atoms. The van der Waals surface area contributed by atoms with Crippen LogP contribution in [0.25, 0.3) is 0 Å². The van der Waals surface area contributed by atoms with Crippen LogP contribution in [-0.2, 0) is 22.7 Å². The van der Waals surface area contributed by atoms with Crippen molar-refractivity contribution < 1.29 is 9.59 Å². The van der Waals surface area contributed by atoms with Crippen LogP contribution in [0, 0.1) is 0 Å². The third kappa shape index (κ3) is 3.02. The lowest BCUT2D eigenvalue weighted by molar-refractivity contribution is -0.124. The van der Waals surface area contributed by atoms with Crippen LogP contribution in [0.3, 0.4) is 0 Å². The Bertz CT molecular complexity index is 1080. The Morgan fingerprint density at radius 3 is 2.72 bits per heavy atom. The van der Waals surface area contributed by atoms with Crippen molar-refractivity contribution in [2.45, 2.75) is 35.7 Å². The lowest BCUT2D eigenvalue weighted by Gasteiger charge is -2.29. The summed E-state index contributed by atoms with van der Waals surface area (Å²) in [7, 11) is 0. The summed E-state index contributed by atoms with van der Waals surface area (Å²) >= 11 is 1.49. The summed E-state index contributed by atoms with van der Waals surface area (Å²) in [6.45, 7) is 1.06. The zero-order valence-corrected chi connectivity index (χ0v) is 16.6. The average Bonchev–Trinajstić information content (AvgIpc) is 3.44. The summed E-state index contributed by atoms with van der Waals surface area (Å²) < 4.78 is 1.86. The lowest BCUT2D eigenvalue weighted by Crippen LogP contribution is -2.52. The molecule has 1 fully saturated rings. The molecule has 0 unspecified atom stereocenters. The van der Waals surface area contributed by atoms with E-state index in [2.05, 4.69) is 10.4 Å². The second kappa shape index (κ2) is 7.08. The molecule has 146 valence electrons. The van der Waals surface area contributed by atoms with Gasteiger partial charge in [-0.15, -0.1) is 0 Å². The molecule has 1 saturated heterocycles. The van der Waals surface area contributed by atoms with Crippen molar-refractivity contribution in [2.24, 2.45) is 0 Å². The first-order valence-corrected chi connectivity index (χ1v) is 10.4. The van der Waals surface area contributed by atoms with E-state index in [4.69, 9.17) is 0 Å². The Morgan fingerprint density at radius 2 is 1.90 bits per heavy atom. The number of hydrogen-bond donors (Lipinski definition) is 1. The number of aromatic nitrogens is 2. The van der Waals surface area contributed by atoms with Gasteiger partial charge >= 0.3 is 0 Å². The van der Waals surface area contributed by atoms with Gasteiger partial charge in [-0.25, -0.2) is 0 Å². The minimum atomic E-state index is -0.877. The second-order valence-corrected chi connectivity index (χ2v) is 8.56. The van der Waals surface area contributed by atoms with Crippen LogP contribution in [-0.4, -0.2) is 26.5 Å². The topological polar surface area (TPSA) is 67.2 Å². The Kier molecular flexibility index (Phi) is 4.39. The predicted molar refractivity (Wildman–Crippen MR) is 111 cm³/mol. The highest BCUT2D eigenvalue weighted by Crippen LogP contribution is 2.55. The zero-order chi connectivity index (χ0) is 19.8. The molecule has 7 heteroatoms. The van der Waals surface area contributed by atoms with Crippen molar-refractivity contribution in [3.63, 3.8) is 0 Å². The smallest absolute Gasteiger partial charge is 0.257 e. The van der Waals surface area contributed by atoms with E-state index in [1.54, 1.807) is 11.1 Å². The van der Waals surface area contributed by atoms with Crippen molar-refractivity contribution in [3.8, 4) is 0 Å². The van der Waals surface area contributed by atoms with Gasteiger partial charge < -0.3 is 5.32 Å². The molecule has 1 N–H and O–H groups in total. The van der Waals surface area contributed by atoms with Crippen molar-refractivity contribution >= 4 is 29.3 Å². The SMILES string of the molecule is O=C1CC[C@]2(C(=O)NCc3ccccc3Cn3cccn3)Sc3ccccc3N12. The van der Waals surface area contributed by atoms with E-state index in [9.17, 15) is 9.59 Å². The van der Waals surface area contributed by atoms with Gasteiger partial charge in [-0.3, -0.25) is 19.2 Å². The maximum absolute atomic E-state index is 13.3. The molecule has 0 aliphatic carbocycles. The van der Waals surface area contributed by atoms with Gasteiger partial charge in [-0.05, 0) is 35.7 Å². The van der Waals surface area contributed by atoms with E-state index in [0.29, 0.717) is 25.9 Å². The molecule has 1 aromatic heterocycles. The van der Waals surface area contributed by atoms with Gasteiger partial charge in [0.15, 0.2) is 4.87 Å². The van der Waals surface area contributed by atoms with Gasteiger partial charge in [0.2, 0.25) is 5.91 Å². The number of carbonyl (C=O) groups excluding carboxylic acids is 2. The minimum Gasteiger partial charge on any atom is -0.349 e. The summed E-state index contributed by atoms with van der Waals surface area (Å²) in [6.07, 6.45) is 4.59. The third-order valence-electron chi connectivity index (χ3n) is 5.48. The van der Waals surface area contributed by atoms with Crippen molar-refractivity contribution in [1.29, 1.82) is 0 Å². The van der Waals surface area contributed by atoms with Gasteiger partial charge in [0.1, 0.15) is 0 Å². The predicted octanol–water partition coefficient (Wildman–Crippen LogP) is 3.18. The molecule has 5 rings (SSSR count). The standard InChI is InChI=1S/C22H20N4O2S/c27-20-10-11-22(26(20)18-8-3-4-9-19(18)29-22)21(28)23-14-16-6-1-2-7-17(16)15-25-13-5-12-24-25/h1-9,12-13H,10-11,14-15H2,(H,23,28)/t22-/m1/s1. The molecule has 0 spiro atoms. The highest BCUT2D eigenvalue weighted by atomic mass is 32.2. The molecule has 2 aliphatic rings. The van der Waals surface area contributed by atoms with E-state index < -0.39 is 4.87 Å². The van der Waals surface area contributed by atoms with Crippen molar-refractivity contribution in [1.82, 2.24) is 15.1 Å². The zero-order valence-electron chi connectivity index (χ0n) is 15.7. The van der Waals surface area contributed by atoms with E-state index in [1.807, 2.05) is 65.5 Å². The Hall–Kier alpha value is -3.06. The molecule has 6 nitrogen and oxygen atoms in total. The molecule has 0 bridgehead atoms. The normalized spacial score (nSPS) is 19.9. The lowest BCUT2D eigenvalue weighted by atomic mass is 10.1. The number of anilines is 1. The number of nitrogens with one attached hydrogen (secondary N) is 1. The fraction of sp³-hybridized carbons (Fsp3) is 0.227. The first-order valence-electron chi connectivity index (χ1n) is 9.61. The van der Waals surface area contributed by atoms with Crippen LogP contribution in [0.5, 0.6) is 0 Å². The number of hydrogen-bond acceptors (Lipinski definition) is 4. The van der Waals surface area contributed by atoms with Crippen LogP contribution in [0.4, 0.5) is 5.69 Å². The van der Waals surface area contributed by atoms with E-state index >= 15 is 0 Å². The van der Waals surface area contributed by atoms with Gasteiger partial charge in [0.05, 0.1) is 12.2 Å². The number of thioether (sulfide) groups is 1. The summed E-state index contributed by atoms with van der Waals surface area (Å²) in [4.78, 5) is 27.7. The van der Waals surface area contributed by atoms with Crippen LogP contribution in [0.15, 0.2) is 71.9 Å². The maximum atomic E-state index is 13.3. The maximum Gasteiger partial charge on any atom is 0.257 e. The molecule has 3 aromatic rings. The molecule has 2 amide bonds. The van der Waals surface area contributed by atoms with Crippen LogP contribution >= 0.6 is 11.8 Å². The van der Waals surface area contributed by atoms with Crippen molar-refractivity contribution in [3.05, 3.63) is 78.1 Å². The summed E-state index contributed by atoms with van der Waals surface area (Å²) in [6, 6.07) is 17.7. The third-order valence-corrected chi connectivity index (χ3v) is 6.95. The average molecular weight is 404 g/mol. The molecular formula is C22H20N4O2S. The highest BCUT2D eigenvalue weighted by Gasteiger charge is 2.57. The molecule has 2 aliphatic heterocycles. The quantitative estimate of drug-likeness (QED) is 0.709. The molecule has 2 aromatic carbocycles. The number of benzene rings is 2. The Morgan fingerprint density at radius 1 is 1.10 bits per heavy atom. The summed E-state index contributed by atoms with van der Waals surface area (Å²) in [5, 5.41) is 7.36. The number of fused-ring (bicyclic) bond motifs is 3. The number of rotatable bonds is 5. The molecule has 0 radical (unpaired) electrons. The summed E-state index contributed by atoms with van der Waals surface area (Å²) in [5.41, 5.74) is 2.99. The molecular weight excluding hydrogens is 384 g/mol. The number of carbonyl (C=O) groups is 2. The Balaban J connectivity index is 1.36. The monoisotopic (exact) mass is 404 g/mol. The first kappa shape index (κ1) is 18.0. The fourth-order valence-electron chi connectivity index (χ4n) is 4.06. The molecule has 1 atom stereocenters. The molecule has 0 saturated carbocycles. The largest absolute Gasteiger partial charge is 0.349 e. The van der Waals surface area contributed by atoms with Gasteiger partial charge in [-0.1, -0.05) is 48.2 Å². The molecule has 3 heterocycles. The number of para-hydroxylation sites is 1. The first-order chi connectivity index (χ1) is 14.2. The summed E-state index contributed by atoms with van der Waals surface area (Å²) in [5.74, 6) is -0.102. The van der Waals surface area contributed by atoms with E-state index in [1.165, 1.54) is 11.8 Å². The van der Waals surface area contributed by atoms with Gasteiger partial charge in [-0.2, -0.15) is 5.10 Å². The van der Waals surface area contributed by atoms with Gasteiger partial charge in [0.25, 0.3) is 5.91 Å². The highest BCUT2D eigenvalue weighted by molar-refractivity contribution is 8.02. The Labute approximate surface area is 172 Å². The van der Waals surface area contributed by atoms with Gasteiger partial charge in [0, 0.05) is 30.3 Å². The van der Waals surface area contributed by atoms with E-state index in [0.717, 1.165) is 21.7 Å². The van der Waals surface area contributed by atoms with Crippen LogP contribution in [0.2, 0.25) is 0 Å². The van der Waals surface area contributed by atoms with E-state index in [-0.39, 0.29) is 11.8 Å². The van der Waals surface area contributed by atoms with Crippen LogP contribution in [0.1, 0.15) is 24.0 Å². The van der Waals surface area contributed by atoms with Crippen molar-refractivity contribution in [2.75, 3.05) is 4.90 Å². The number of amides is 2.